The first-order chi connectivity index (χ1) is 14.4. The fourth-order valence-electron chi connectivity index (χ4n) is 4.53. The van der Waals surface area contributed by atoms with Gasteiger partial charge in [-0.3, -0.25) is 14.8 Å². The lowest BCUT2D eigenvalue weighted by Crippen LogP contribution is -2.49. The highest BCUT2D eigenvalue weighted by Gasteiger charge is 2.29. The summed E-state index contributed by atoms with van der Waals surface area (Å²) in [6.45, 7) is 7.80. The van der Waals surface area contributed by atoms with E-state index in [0.717, 1.165) is 49.7 Å². The maximum atomic E-state index is 4.93. The monoisotopic (exact) mass is 424 g/mol. The highest BCUT2D eigenvalue weighted by molar-refractivity contribution is 5.85. The Bertz CT molecular complexity index is 923. The average Bonchev–Trinajstić information content (AvgIpc) is 3.43. The minimum absolute atomic E-state index is 0. The van der Waals surface area contributed by atoms with Gasteiger partial charge in [-0.25, -0.2) is 4.68 Å². The van der Waals surface area contributed by atoms with E-state index in [2.05, 4.69) is 56.6 Å². The average molecular weight is 425 g/mol. The Morgan fingerprint density at radius 1 is 1.00 bits per heavy atom. The Labute approximate surface area is 184 Å². The molecule has 0 bridgehead atoms. The molecule has 2 aliphatic rings. The third kappa shape index (κ3) is 4.57. The van der Waals surface area contributed by atoms with Crippen LogP contribution < -0.4 is 5.32 Å². The molecule has 0 spiro atoms. The number of nitrogens with zero attached hydrogens (tertiary/aromatic N) is 5. The minimum atomic E-state index is 0. The number of para-hydroxylation sites is 1. The quantitative estimate of drug-likeness (QED) is 0.682. The summed E-state index contributed by atoms with van der Waals surface area (Å²) in [4.78, 5) is 9.55. The van der Waals surface area contributed by atoms with Gasteiger partial charge in [0, 0.05) is 81.6 Å². The van der Waals surface area contributed by atoms with Crippen LogP contribution in [0.15, 0.2) is 61.1 Å². The smallest absolute Gasteiger partial charge is 0.0988 e. The van der Waals surface area contributed by atoms with Gasteiger partial charge in [0.15, 0.2) is 0 Å². The van der Waals surface area contributed by atoms with E-state index >= 15 is 0 Å². The SMILES string of the molecule is Cl.c1ccc(-n2cc(CN3CCC(N4CCNCC4)C3)c(-c3cccnc3)n2)cc1. The topological polar surface area (TPSA) is 49.2 Å². The predicted molar refractivity (Wildman–Crippen MR) is 122 cm³/mol. The molecule has 2 saturated heterocycles. The van der Waals surface area contributed by atoms with Crippen molar-refractivity contribution in [3.63, 3.8) is 0 Å². The number of nitrogens with one attached hydrogen (secondary N) is 1. The molecular weight excluding hydrogens is 396 g/mol. The van der Waals surface area contributed by atoms with E-state index in [-0.39, 0.29) is 12.4 Å². The van der Waals surface area contributed by atoms with Crippen molar-refractivity contribution in [3.05, 3.63) is 66.6 Å². The van der Waals surface area contributed by atoms with Gasteiger partial charge >= 0.3 is 0 Å². The molecule has 4 heterocycles. The summed E-state index contributed by atoms with van der Waals surface area (Å²) in [5.41, 5.74) is 4.47. The Hall–Kier alpha value is -2.25. The molecule has 158 valence electrons. The minimum Gasteiger partial charge on any atom is -0.314 e. The molecule has 6 nitrogen and oxygen atoms in total. The molecule has 7 heteroatoms. The summed E-state index contributed by atoms with van der Waals surface area (Å²) in [6.07, 6.45) is 7.18. The van der Waals surface area contributed by atoms with Gasteiger partial charge in [-0.2, -0.15) is 5.10 Å². The number of benzene rings is 1. The van der Waals surface area contributed by atoms with Crippen molar-refractivity contribution in [2.24, 2.45) is 0 Å². The van der Waals surface area contributed by atoms with Gasteiger partial charge in [0.05, 0.1) is 11.4 Å². The lowest BCUT2D eigenvalue weighted by Gasteiger charge is -2.32. The van der Waals surface area contributed by atoms with Gasteiger partial charge in [-0.05, 0) is 30.7 Å². The Balaban J connectivity index is 0.00000218. The van der Waals surface area contributed by atoms with E-state index in [4.69, 9.17) is 5.10 Å². The van der Waals surface area contributed by atoms with E-state index in [1.807, 2.05) is 29.2 Å². The number of rotatable bonds is 5. The molecule has 3 aromatic rings. The predicted octanol–water partition coefficient (Wildman–Crippen LogP) is 2.84. The molecule has 0 saturated carbocycles. The lowest BCUT2D eigenvalue weighted by molar-refractivity contribution is 0.170. The van der Waals surface area contributed by atoms with E-state index in [1.165, 1.54) is 25.1 Å². The van der Waals surface area contributed by atoms with Gasteiger partial charge in [0.25, 0.3) is 0 Å². The van der Waals surface area contributed by atoms with Gasteiger partial charge in [-0.1, -0.05) is 18.2 Å². The van der Waals surface area contributed by atoms with Crippen LogP contribution in [0.3, 0.4) is 0 Å². The lowest BCUT2D eigenvalue weighted by atomic mass is 10.1. The molecule has 1 N–H and O–H groups in total. The van der Waals surface area contributed by atoms with Crippen LogP contribution in [-0.2, 0) is 6.54 Å². The highest BCUT2D eigenvalue weighted by atomic mass is 35.5. The summed E-state index contributed by atoms with van der Waals surface area (Å²) in [7, 11) is 0. The van der Waals surface area contributed by atoms with E-state index < -0.39 is 0 Å². The van der Waals surface area contributed by atoms with Crippen LogP contribution >= 0.6 is 12.4 Å². The molecule has 1 unspecified atom stereocenters. The maximum Gasteiger partial charge on any atom is 0.0988 e. The van der Waals surface area contributed by atoms with Crippen molar-refractivity contribution in [1.29, 1.82) is 0 Å². The van der Waals surface area contributed by atoms with Crippen molar-refractivity contribution in [2.45, 2.75) is 19.0 Å². The molecule has 2 aromatic heterocycles. The third-order valence-electron chi connectivity index (χ3n) is 6.06. The van der Waals surface area contributed by atoms with Gasteiger partial charge in [-0.15, -0.1) is 12.4 Å². The third-order valence-corrected chi connectivity index (χ3v) is 6.06. The highest BCUT2D eigenvalue weighted by Crippen LogP contribution is 2.26. The molecule has 0 aliphatic carbocycles. The molecule has 5 rings (SSSR count). The molecular formula is C23H29ClN6. The zero-order valence-corrected chi connectivity index (χ0v) is 18.0. The number of likely N-dealkylation sites (tertiary alicyclic amines) is 1. The Morgan fingerprint density at radius 2 is 1.83 bits per heavy atom. The van der Waals surface area contributed by atoms with Crippen molar-refractivity contribution in [2.75, 3.05) is 39.3 Å². The van der Waals surface area contributed by atoms with E-state index in [0.29, 0.717) is 6.04 Å². The van der Waals surface area contributed by atoms with Crippen LogP contribution in [0, 0.1) is 0 Å². The number of pyridine rings is 1. The zero-order valence-electron chi connectivity index (χ0n) is 17.2. The van der Waals surface area contributed by atoms with Gasteiger partial charge < -0.3 is 5.32 Å². The molecule has 30 heavy (non-hydrogen) atoms. The number of hydrogen-bond donors (Lipinski definition) is 1. The van der Waals surface area contributed by atoms with E-state index in [1.54, 1.807) is 0 Å². The fourth-order valence-corrected chi connectivity index (χ4v) is 4.53. The molecule has 2 aliphatic heterocycles. The zero-order chi connectivity index (χ0) is 19.5. The van der Waals surface area contributed by atoms with Crippen LogP contribution in [0.5, 0.6) is 0 Å². The first kappa shape index (κ1) is 21.0. The van der Waals surface area contributed by atoms with Crippen LogP contribution in [0.2, 0.25) is 0 Å². The second kappa shape index (κ2) is 9.71. The summed E-state index contributed by atoms with van der Waals surface area (Å²) >= 11 is 0. The van der Waals surface area contributed by atoms with E-state index in [9.17, 15) is 0 Å². The van der Waals surface area contributed by atoms with Gasteiger partial charge in [0.1, 0.15) is 0 Å². The summed E-state index contributed by atoms with van der Waals surface area (Å²) in [6, 6.07) is 15.1. The summed E-state index contributed by atoms with van der Waals surface area (Å²) in [5, 5.41) is 8.39. The summed E-state index contributed by atoms with van der Waals surface area (Å²) in [5.74, 6) is 0. The van der Waals surface area contributed by atoms with Crippen LogP contribution in [0.25, 0.3) is 16.9 Å². The molecule has 1 aromatic carbocycles. The number of piperazine rings is 1. The molecule has 2 fully saturated rings. The summed E-state index contributed by atoms with van der Waals surface area (Å²) < 4.78 is 2.00. The van der Waals surface area contributed by atoms with Crippen molar-refractivity contribution in [3.8, 4) is 16.9 Å². The van der Waals surface area contributed by atoms with Crippen molar-refractivity contribution >= 4 is 12.4 Å². The van der Waals surface area contributed by atoms with Gasteiger partial charge in [0.2, 0.25) is 0 Å². The Kier molecular flexibility index (Phi) is 6.79. The van der Waals surface area contributed by atoms with Crippen molar-refractivity contribution in [1.82, 2.24) is 29.9 Å². The Morgan fingerprint density at radius 3 is 2.60 bits per heavy atom. The molecule has 0 radical (unpaired) electrons. The number of aromatic nitrogens is 3. The normalized spacial score (nSPS) is 20.2. The van der Waals surface area contributed by atoms with Crippen molar-refractivity contribution < 1.29 is 0 Å². The largest absolute Gasteiger partial charge is 0.314 e. The second-order valence-corrected chi connectivity index (χ2v) is 7.99. The maximum absolute atomic E-state index is 4.93. The molecule has 1 atom stereocenters. The fraction of sp³-hybridized carbons (Fsp3) is 0.391. The molecule has 0 amide bonds. The van der Waals surface area contributed by atoms with Crippen LogP contribution in [0.4, 0.5) is 0 Å². The van der Waals surface area contributed by atoms with Crippen LogP contribution in [-0.4, -0.2) is 69.9 Å². The second-order valence-electron chi connectivity index (χ2n) is 7.99. The standard InChI is InChI=1S/C23H28N6.ClH/c1-2-6-21(7-3-1)29-17-20(23(26-29)19-5-4-9-25-15-19)16-27-12-8-22(18-27)28-13-10-24-11-14-28;/h1-7,9,15,17,22,24H,8,10-14,16,18H2;1H. The first-order valence-corrected chi connectivity index (χ1v) is 10.6. The number of hydrogen-bond acceptors (Lipinski definition) is 5. The number of halogens is 1. The van der Waals surface area contributed by atoms with Crippen LogP contribution in [0.1, 0.15) is 12.0 Å². The first-order valence-electron chi connectivity index (χ1n) is 10.6.